The van der Waals surface area contributed by atoms with Gasteiger partial charge in [-0.05, 0) is 30.0 Å². The van der Waals surface area contributed by atoms with Gasteiger partial charge >= 0.3 is 11.9 Å². The third-order valence-electron chi connectivity index (χ3n) is 5.22. The van der Waals surface area contributed by atoms with Crippen LogP contribution in [0.2, 0.25) is 0 Å². The Kier molecular flexibility index (Phi) is 6.29. The minimum atomic E-state index is -1.07. The number of carboxylic acid groups (broad SMARTS) is 2. The monoisotopic (exact) mass is 396 g/mol. The van der Waals surface area contributed by atoms with Gasteiger partial charge in [-0.15, -0.1) is 0 Å². The van der Waals surface area contributed by atoms with Gasteiger partial charge in [0.15, 0.2) is 0 Å². The standard InChI is InChI=1S/C22H24N2O5/c1-14(23-18(21(26)27)11-15-7-3-2-4-8-15)20(25)24-13-17-10-6-5-9-16(17)12-19(24)22(28)29/h2-10,14,18-19,23H,11-13H2,1H3,(H,26,27)(H,28,29)/t14-,18-,19-/m0/s1. The first-order valence-corrected chi connectivity index (χ1v) is 9.49. The summed E-state index contributed by atoms with van der Waals surface area (Å²) >= 11 is 0. The molecule has 152 valence electrons. The maximum absolute atomic E-state index is 13.0. The highest BCUT2D eigenvalue weighted by Gasteiger charge is 2.37. The van der Waals surface area contributed by atoms with Crippen LogP contribution in [0.5, 0.6) is 0 Å². The Hall–Kier alpha value is -3.19. The molecule has 1 amide bonds. The Morgan fingerprint density at radius 1 is 1.03 bits per heavy atom. The summed E-state index contributed by atoms with van der Waals surface area (Å²) in [5.74, 6) is -2.56. The first-order chi connectivity index (χ1) is 13.9. The molecule has 0 saturated heterocycles. The summed E-state index contributed by atoms with van der Waals surface area (Å²) in [5, 5.41) is 22.0. The normalized spacial score (nSPS) is 17.8. The van der Waals surface area contributed by atoms with Crippen molar-refractivity contribution in [1.82, 2.24) is 10.2 Å². The average molecular weight is 396 g/mol. The first-order valence-electron chi connectivity index (χ1n) is 9.49. The molecule has 0 bridgehead atoms. The molecule has 0 saturated carbocycles. The first kappa shape index (κ1) is 20.5. The van der Waals surface area contributed by atoms with Crippen molar-refractivity contribution in [2.75, 3.05) is 0 Å². The molecular formula is C22H24N2O5. The highest BCUT2D eigenvalue weighted by Crippen LogP contribution is 2.24. The molecule has 2 aromatic rings. The van der Waals surface area contributed by atoms with E-state index in [4.69, 9.17) is 0 Å². The van der Waals surface area contributed by atoms with Gasteiger partial charge in [-0.2, -0.15) is 0 Å². The van der Waals surface area contributed by atoms with Crippen molar-refractivity contribution >= 4 is 17.8 Å². The van der Waals surface area contributed by atoms with E-state index in [-0.39, 0.29) is 19.4 Å². The SMILES string of the molecule is C[C@H](N[C@@H](Cc1ccccc1)C(=O)O)C(=O)N1Cc2ccccc2C[C@H]1C(=O)O. The predicted molar refractivity (Wildman–Crippen MR) is 106 cm³/mol. The van der Waals surface area contributed by atoms with Crippen molar-refractivity contribution in [3.8, 4) is 0 Å². The van der Waals surface area contributed by atoms with Gasteiger partial charge in [0.05, 0.1) is 6.04 Å². The zero-order valence-electron chi connectivity index (χ0n) is 16.1. The van der Waals surface area contributed by atoms with Crippen molar-refractivity contribution in [3.05, 3.63) is 71.3 Å². The minimum absolute atomic E-state index is 0.189. The lowest BCUT2D eigenvalue weighted by molar-refractivity contribution is -0.152. The van der Waals surface area contributed by atoms with Crippen LogP contribution in [0.4, 0.5) is 0 Å². The van der Waals surface area contributed by atoms with Crippen molar-refractivity contribution in [2.45, 2.75) is 44.4 Å². The Morgan fingerprint density at radius 2 is 1.66 bits per heavy atom. The number of hydrogen-bond donors (Lipinski definition) is 3. The van der Waals surface area contributed by atoms with Crippen LogP contribution < -0.4 is 5.32 Å². The van der Waals surface area contributed by atoms with Gasteiger partial charge in [0.1, 0.15) is 12.1 Å². The number of rotatable bonds is 7. The minimum Gasteiger partial charge on any atom is -0.480 e. The molecule has 0 fully saturated rings. The van der Waals surface area contributed by atoms with E-state index < -0.39 is 36.0 Å². The van der Waals surface area contributed by atoms with E-state index in [9.17, 15) is 24.6 Å². The molecule has 1 aliphatic heterocycles. The summed E-state index contributed by atoms with van der Waals surface area (Å²) in [6.45, 7) is 1.76. The van der Waals surface area contributed by atoms with Gasteiger partial charge in [-0.25, -0.2) is 4.79 Å². The Labute approximate surface area is 169 Å². The topological polar surface area (TPSA) is 107 Å². The lowest BCUT2D eigenvalue weighted by Crippen LogP contribution is -2.56. The van der Waals surface area contributed by atoms with Crippen LogP contribution in [-0.4, -0.2) is 51.1 Å². The number of amides is 1. The fourth-order valence-corrected chi connectivity index (χ4v) is 3.66. The number of nitrogens with zero attached hydrogens (tertiary/aromatic N) is 1. The van der Waals surface area contributed by atoms with Crippen LogP contribution in [-0.2, 0) is 33.8 Å². The molecule has 0 radical (unpaired) electrons. The van der Waals surface area contributed by atoms with Crippen LogP contribution >= 0.6 is 0 Å². The zero-order chi connectivity index (χ0) is 21.0. The fraction of sp³-hybridized carbons (Fsp3) is 0.318. The largest absolute Gasteiger partial charge is 0.480 e. The Bertz CT molecular complexity index is 899. The van der Waals surface area contributed by atoms with Crippen LogP contribution in [0.15, 0.2) is 54.6 Å². The summed E-state index contributed by atoms with van der Waals surface area (Å²) in [7, 11) is 0. The molecule has 7 heteroatoms. The molecule has 29 heavy (non-hydrogen) atoms. The van der Waals surface area contributed by atoms with Gasteiger partial charge in [0.2, 0.25) is 5.91 Å². The van der Waals surface area contributed by atoms with E-state index in [1.54, 1.807) is 6.92 Å². The van der Waals surface area contributed by atoms with E-state index in [0.717, 1.165) is 16.7 Å². The van der Waals surface area contributed by atoms with Gasteiger partial charge < -0.3 is 15.1 Å². The quantitative estimate of drug-likeness (QED) is 0.658. The fourth-order valence-electron chi connectivity index (χ4n) is 3.66. The van der Waals surface area contributed by atoms with Gasteiger partial charge in [0.25, 0.3) is 0 Å². The van der Waals surface area contributed by atoms with E-state index in [1.807, 2.05) is 54.6 Å². The van der Waals surface area contributed by atoms with Crippen molar-refractivity contribution in [3.63, 3.8) is 0 Å². The molecule has 0 aromatic heterocycles. The second kappa shape index (κ2) is 8.87. The predicted octanol–water partition coefficient (Wildman–Crippen LogP) is 1.70. The van der Waals surface area contributed by atoms with Crippen molar-refractivity contribution in [2.24, 2.45) is 0 Å². The molecule has 3 rings (SSSR count). The van der Waals surface area contributed by atoms with Crippen molar-refractivity contribution < 1.29 is 24.6 Å². The lowest BCUT2D eigenvalue weighted by atomic mass is 9.93. The summed E-state index contributed by atoms with van der Waals surface area (Å²) in [5.41, 5.74) is 2.66. The number of carbonyl (C=O) groups excluding carboxylic acids is 1. The van der Waals surface area contributed by atoms with Gasteiger partial charge in [-0.3, -0.25) is 14.9 Å². The van der Waals surface area contributed by atoms with Gasteiger partial charge in [-0.1, -0.05) is 54.6 Å². The summed E-state index contributed by atoms with van der Waals surface area (Å²) in [6, 6.07) is 13.8. The number of fused-ring (bicyclic) bond motifs is 1. The molecule has 1 aliphatic rings. The number of hydrogen-bond acceptors (Lipinski definition) is 4. The summed E-state index contributed by atoms with van der Waals surface area (Å²) < 4.78 is 0. The van der Waals surface area contributed by atoms with Crippen LogP contribution in [0, 0.1) is 0 Å². The third kappa shape index (κ3) is 4.81. The molecule has 0 spiro atoms. The molecular weight excluding hydrogens is 372 g/mol. The second-order valence-corrected chi connectivity index (χ2v) is 7.26. The summed E-state index contributed by atoms with van der Waals surface area (Å²) in [4.78, 5) is 37.8. The smallest absolute Gasteiger partial charge is 0.326 e. The second-order valence-electron chi connectivity index (χ2n) is 7.26. The van der Waals surface area contributed by atoms with Crippen molar-refractivity contribution in [1.29, 1.82) is 0 Å². The third-order valence-corrected chi connectivity index (χ3v) is 5.22. The molecule has 0 aliphatic carbocycles. The number of aliphatic carboxylic acids is 2. The van der Waals surface area contributed by atoms with Crippen LogP contribution in [0.25, 0.3) is 0 Å². The Balaban J connectivity index is 1.75. The van der Waals surface area contributed by atoms with E-state index >= 15 is 0 Å². The molecule has 1 heterocycles. The number of benzene rings is 2. The lowest BCUT2D eigenvalue weighted by Gasteiger charge is -2.36. The maximum atomic E-state index is 13.0. The number of carboxylic acids is 2. The van der Waals surface area contributed by atoms with Gasteiger partial charge in [0, 0.05) is 13.0 Å². The zero-order valence-corrected chi connectivity index (χ0v) is 16.1. The average Bonchev–Trinajstić information content (AvgIpc) is 2.72. The highest BCUT2D eigenvalue weighted by molar-refractivity contribution is 5.88. The van der Waals surface area contributed by atoms with Crippen LogP contribution in [0.1, 0.15) is 23.6 Å². The molecule has 2 aromatic carbocycles. The maximum Gasteiger partial charge on any atom is 0.326 e. The van der Waals surface area contributed by atoms with E-state index in [0.29, 0.717) is 0 Å². The molecule has 7 nitrogen and oxygen atoms in total. The summed E-state index contributed by atoms with van der Waals surface area (Å²) in [6.07, 6.45) is 0.454. The molecule has 0 unspecified atom stereocenters. The highest BCUT2D eigenvalue weighted by atomic mass is 16.4. The molecule has 3 atom stereocenters. The van der Waals surface area contributed by atoms with E-state index in [2.05, 4.69) is 5.32 Å². The van der Waals surface area contributed by atoms with Crippen LogP contribution in [0.3, 0.4) is 0 Å². The number of nitrogens with one attached hydrogen (secondary N) is 1. The van der Waals surface area contributed by atoms with E-state index in [1.165, 1.54) is 4.90 Å². The molecule has 3 N–H and O–H groups in total. The number of carbonyl (C=O) groups is 3. The Morgan fingerprint density at radius 3 is 2.28 bits per heavy atom.